The fourth-order valence-corrected chi connectivity index (χ4v) is 2.02. The van der Waals surface area contributed by atoms with Crippen molar-refractivity contribution in [1.82, 2.24) is 10.6 Å². The Bertz CT molecular complexity index is 659. The summed E-state index contributed by atoms with van der Waals surface area (Å²) in [5, 5.41) is 6.45. The van der Waals surface area contributed by atoms with E-state index < -0.39 is 5.91 Å². The van der Waals surface area contributed by atoms with Crippen LogP contribution in [0.2, 0.25) is 0 Å². The Kier molecular flexibility index (Phi) is 8.10. The van der Waals surface area contributed by atoms with Crippen LogP contribution in [0.1, 0.15) is 21.5 Å². The number of carbonyl (C=O) groups is 1. The molecule has 0 bridgehead atoms. The number of halogens is 1. The molecule has 0 aliphatic rings. The smallest absolute Gasteiger partial charge is 0.248 e. The minimum absolute atomic E-state index is 0. The van der Waals surface area contributed by atoms with Gasteiger partial charge in [-0.25, -0.2) is 0 Å². The molecule has 6 heteroatoms. The molecule has 2 aromatic carbocycles. The summed E-state index contributed by atoms with van der Waals surface area (Å²) < 4.78 is 0. The Balaban J connectivity index is 0.00000264. The van der Waals surface area contributed by atoms with Crippen molar-refractivity contribution in [2.24, 2.45) is 10.7 Å². The molecule has 23 heavy (non-hydrogen) atoms. The van der Waals surface area contributed by atoms with Gasteiger partial charge in [0.1, 0.15) is 0 Å². The van der Waals surface area contributed by atoms with Crippen LogP contribution in [0.4, 0.5) is 0 Å². The summed E-state index contributed by atoms with van der Waals surface area (Å²) in [7, 11) is 1.72. The van der Waals surface area contributed by atoms with E-state index >= 15 is 0 Å². The lowest BCUT2D eigenvalue weighted by Gasteiger charge is -2.12. The van der Waals surface area contributed by atoms with Gasteiger partial charge in [0, 0.05) is 25.7 Å². The molecule has 2 rings (SSSR count). The molecule has 0 aliphatic carbocycles. The van der Waals surface area contributed by atoms with Crippen molar-refractivity contribution in [3.63, 3.8) is 0 Å². The van der Waals surface area contributed by atoms with Gasteiger partial charge in [-0.3, -0.25) is 9.79 Å². The van der Waals surface area contributed by atoms with Crippen LogP contribution in [0.15, 0.2) is 59.6 Å². The van der Waals surface area contributed by atoms with Crippen LogP contribution in [-0.4, -0.2) is 18.9 Å². The van der Waals surface area contributed by atoms with Crippen molar-refractivity contribution in [3.8, 4) is 0 Å². The predicted octanol–water partition coefficient (Wildman–Crippen LogP) is 2.27. The predicted molar refractivity (Wildman–Crippen MR) is 104 cm³/mol. The van der Waals surface area contributed by atoms with Gasteiger partial charge in [-0.1, -0.05) is 42.5 Å². The van der Waals surface area contributed by atoms with Crippen LogP contribution in [0.3, 0.4) is 0 Å². The molecule has 2 aromatic rings. The van der Waals surface area contributed by atoms with E-state index in [1.807, 2.05) is 30.3 Å². The van der Waals surface area contributed by atoms with Crippen molar-refractivity contribution in [3.05, 3.63) is 71.3 Å². The number of hydrogen-bond acceptors (Lipinski definition) is 2. The summed E-state index contributed by atoms with van der Waals surface area (Å²) in [6.07, 6.45) is 0. The summed E-state index contributed by atoms with van der Waals surface area (Å²) in [5.41, 5.74) is 7.94. The number of nitrogens with zero attached hydrogens (tertiary/aromatic N) is 1. The number of nitrogens with two attached hydrogens (primary N) is 1. The molecule has 0 unspecified atom stereocenters. The number of benzene rings is 2. The highest BCUT2D eigenvalue weighted by Crippen LogP contribution is 2.04. The minimum atomic E-state index is -0.423. The zero-order valence-electron chi connectivity index (χ0n) is 13.0. The molecule has 0 saturated heterocycles. The van der Waals surface area contributed by atoms with Gasteiger partial charge in [-0.15, -0.1) is 24.0 Å². The average Bonchev–Trinajstić information content (AvgIpc) is 2.56. The summed E-state index contributed by atoms with van der Waals surface area (Å²) in [4.78, 5) is 15.4. The number of carbonyl (C=O) groups excluding carboxylic acids is 1. The zero-order valence-corrected chi connectivity index (χ0v) is 15.3. The fraction of sp³-hybridized carbons (Fsp3) is 0.176. The maximum absolute atomic E-state index is 11.2. The molecular weight excluding hydrogens is 403 g/mol. The molecule has 0 radical (unpaired) electrons. The largest absolute Gasteiger partial charge is 0.366 e. The third-order valence-electron chi connectivity index (χ3n) is 3.20. The first-order chi connectivity index (χ1) is 10.7. The van der Waals surface area contributed by atoms with Crippen molar-refractivity contribution in [1.29, 1.82) is 0 Å². The maximum atomic E-state index is 11.2. The standard InChI is InChI=1S/C17H20N4O.HI/c1-19-17(20-11-13-6-3-2-4-7-13)21-12-14-8-5-9-15(10-14)16(18)22;/h2-10H,11-12H2,1H3,(H2,18,22)(H2,19,20,21);1H. The Labute approximate surface area is 153 Å². The first kappa shape index (κ1) is 19.0. The average molecular weight is 424 g/mol. The number of aliphatic imine (C=N–C) groups is 1. The van der Waals surface area contributed by atoms with Gasteiger partial charge in [0.25, 0.3) is 0 Å². The van der Waals surface area contributed by atoms with Crippen molar-refractivity contribution < 1.29 is 4.79 Å². The highest BCUT2D eigenvalue weighted by atomic mass is 127. The number of hydrogen-bond donors (Lipinski definition) is 3. The van der Waals surface area contributed by atoms with Gasteiger partial charge < -0.3 is 16.4 Å². The van der Waals surface area contributed by atoms with Crippen LogP contribution >= 0.6 is 24.0 Å². The van der Waals surface area contributed by atoms with E-state index in [2.05, 4.69) is 27.8 Å². The number of rotatable bonds is 5. The monoisotopic (exact) mass is 424 g/mol. The van der Waals surface area contributed by atoms with Crippen molar-refractivity contribution >= 4 is 35.8 Å². The lowest BCUT2D eigenvalue weighted by atomic mass is 10.1. The fourth-order valence-electron chi connectivity index (χ4n) is 2.02. The quantitative estimate of drug-likeness (QED) is 0.392. The highest BCUT2D eigenvalue weighted by molar-refractivity contribution is 14.0. The van der Waals surface area contributed by atoms with Crippen LogP contribution < -0.4 is 16.4 Å². The van der Waals surface area contributed by atoms with E-state index in [0.717, 1.165) is 5.56 Å². The van der Waals surface area contributed by atoms with Gasteiger partial charge in [0.2, 0.25) is 5.91 Å². The number of guanidine groups is 1. The molecule has 0 aromatic heterocycles. The molecule has 4 N–H and O–H groups in total. The summed E-state index contributed by atoms with van der Waals surface area (Å²) in [5.74, 6) is 0.279. The molecule has 0 heterocycles. The minimum Gasteiger partial charge on any atom is -0.366 e. The molecule has 0 spiro atoms. The van der Waals surface area contributed by atoms with E-state index in [1.165, 1.54) is 5.56 Å². The number of amides is 1. The van der Waals surface area contributed by atoms with Crippen LogP contribution in [0.25, 0.3) is 0 Å². The SMILES string of the molecule is CN=C(NCc1ccccc1)NCc1cccc(C(N)=O)c1.I. The van der Waals surface area contributed by atoms with Gasteiger partial charge in [0.15, 0.2) is 5.96 Å². The van der Waals surface area contributed by atoms with E-state index in [9.17, 15) is 4.79 Å². The second-order valence-corrected chi connectivity index (χ2v) is 4.83. The second kappa shape index (κ2) is 9.83. The lowest BCUT2D eigenvalue weighted by Crippen LogP contribution is -2.36. The molecule has 0 saturated carbocycles. The van der Waals surface area contributed by atoms with Crippen LogP contribution in [0, 0.1) is 0 Å². The van der Waals surface area contributed by atoms with Crippen LogP contribution in [0.5, 0.6) is 0 Å². The molecule has 0 atom stereocenters. The first-order valence-corrected chi connectivity index (χ1v) is 7.06. The van der Waals surface area contributed by atoms with Crippen molar-refractivity contribution in [2.75, 3.05) is 7.05 Å². The number of primary amides is 1. The van der Waals surface area contributed by atoms with Crippen molar-refractivity contribution in [2.45, 2.75) is 13.1 Å². The molecule has 0 fully saturated rings. The topological polar surface area (TPSA) is 79.5 Å². The normalized spacial score (nSPS) is 10.6. The van der Waals surface area contributed by atoms with Gasteiger partial charge >= 0.3 is 0 Å². The Hall–Kier alpha value is -2.09. The van der Waals surface area contributed by atoms with Crippen LogP contribution in [-0.2, 0) is 13.1 Å². The third-order valence-corrected chi connectivity index (χ3v) is 3.20. The number of nitrogens with one attached hydrogen (secondary N) is 2. The maximum Gasteiger partial charge on any atom is 0.248 e. The molecule has 1 amide bonds. The lowest BCUT2D eigenvalue weighted by molar-refractivity contribution is 0.1000. The molecule has 5 nitrogen and oxygen atoms in total. The first-order valence-electron chi connectivity index (χ1n) is 7.06. The summed E-state index contributed by atoms with van der Waals surface area (Å²) >= 11 is 0. The Morgan fingerprint density at radius 1 is 1.00 bits per heavy atom. The van der Waals surface area contributed by atoms with Gasteiger partial charge in [-0.05, 0) is 23.3 Å². The van der Waals surface area contributed by atoms with E-state index in [4.69, 9.17) is 5.73 Å². The Morgan fingerprint density at radius 2 is 1.61 bits per heavy atom. The van der Waals surface area contributed by atoms with Gasteiger partial charge in [0.05, 0.1) is 0 Å². The summed E-state index contributed by atoms with van der Waals surface area (Å²) in [6, 6.07) is 17.3. The van der Waals surface area contributed by atoms with E-state index in [1.54, 1.807) is 19.2 Å². The highest BCUT2D eigenvalue weighted by Gasteiger charge is 2.02. The van der Waals surface area contributed by atoms with Gasteiger partial charge in [-0.2, -0.15) is 0 Å². The Morgan fingerprint density at radius 3 is 2.22 bits per heavy atom. The molecular formula is C17H21IN4O. The van der Waals surface area contributed by atoms with E-state index in [-0.39, 0.29) is 24.0 Å². The molecule has 0 aliphatic heterocycles. The third kappa shape index (κ3) is 6.27. The second-order valence-electron chi connectivity index (χ2n) is 4.83. The zero-order chi connectivity index (χ0) is 15.8. The molecule has 122 valence electrons. The van der Waals surface area contributed by atoms with E-state index in [0.29, 0.717) is 24.6 Å². The summed E-state index contributed by atoms with van der Waals surface area (Å²) in [6.45, 7) is 1.26.